The Kier molecular flexibility index (Phi) is 5.86. The third kappa shape index (κ3) is 3.97. The fourth-order valence-corrected chi connectivity index (χ4v) is 4.97. The number of fused-ring (bicyclic) bond motifs is 1. The first-order valence-corrected chi connectivity index (χ1v) is 11.5. The molecular weight excluding hydrogens is 444 g/mol. The predicted molar refractivity (Wildman–Crippen MR) is 130 cm³/mol. The van der Waals surface area contributed by atoms with Gasteiger partial charge in [0.25, 0.3) is 11.5 Å². The van der Waals surface area contributed by atoms with Gasteiger partial charge in [0.2, 0.25) is 5.91 Å². The average molecular weight is 469 g/mol. The lowest BCUT2D eigenvalue weighted by molar-refractivity contribution is -0.133. The Balaban J connectivity index is 1.63. The average Bonchev–Trinajstić information content (AvgIpc) is 2.87. The van der Waals surface area contributed by atoms with Gasteiger partial charge in [0.05, 0.1) is 11.2 Å². The van der Waals surface area contributed by atoms with Crippen molar-refractivity contribution in [3.05, 3.63) is 100 Å². The van der Waals surface area contributed by atoms with Gasteiger partial charge in [-0.15, -0.1) is 6.58 Å². The first kappa shape index (κ1) is 22.5. The molecule has 2 amide bonds. The zero-order chi connectivity index (χ0) is 24.5. The highest BCUT2D eigenvalue weighted by Crippen LogP contribution is 2.40. The summed E-state index contributed by atoms with van der Waals surface area (Å²) in [5.41, 5.74) is 4.83. The number of hydrogen-bond acceptors (Lipinski definition) is 5. The minimum Gasteiger partial charge on any atom is -0.304 e. The molecule has 1 unspecified atom stereocenters. The maximum absolute atomic E-state index is 13.6. The number of nitrogens with one attached hydrogen (secondary N) is 1. The van der Waals surface area contributed by atoms with Crippen LogP contribution in [0.25, 0.3) is 10.9 Å². The molecule has 3 heterocycles. The molecule has 1 aromatic carbocycles. The minimum absolute atomic E-state index is 0.0944. The number of aromatic nitrogens is 2. The number of pyridine rings is 2. The number of ketones is 1. The Morgan fingerprint density at radius 2 is 1.89 bits per heavy atom. The fraction of sp³-hybridized carbons (Fsp3) is 0.222. The van der Waals surface area contributed by atoms with Crippen molar-refractivity contribution in [3.63, 3.8) is 0 Å². The second-order valence-electron chi connectivity index (χ2n) is 8.66. The second kappa shape index (κ2) is 9.13. The van der Waals surface area contributed by atoms with Crippen molar-refractivity contribution in [2.24, 2.45) is 0 Å². The Bertz CT molecular complexity index is 1460. The molecule has 0 spiro atoms. The molecule has 176 valence electrons. The molecule has 1 aliphatic carbocycles. The lowest BCUT2D eigenvalue weighted by atomic mass is 9.77. The molecule has 5 rings (SSSR count). The summed E-state index contributed by atoms with van der Waals surface area (Å²) in [6.07, 6.45) is 5.90. The molecule has 1 N–H and O–H groups in total. The third-order valence-corrected chi connectivity index (χ3v) is 6.55. The fourth-order valence-electron chi connectivity index (χ4n) is 4.97. The van der Waals surface area contributed by atoms with Crippen molar-refractivity contribution in [1.82, 2.24) is 20.0 Å². The van der Waals surface area contributed by atoms with Crippen LogP contribution >= 0.6 is 0 Å². The van der Waals surface area contributed by atoms with Crippen molar-refractivity contribution >= 4 is 28.5 Å². The van der Waals surface area contributed by atoms with Crippen LogP contribution in [0.5, 0.6) is 0 Å². The molecule has 8 nitrogen and oxygen atoms in total. The van der Waals surface area contributed by atoms with Crippen LogP contribution in [-0.2, 0) is 16.1 Å². The molecule has 0 saturated carbocycles. The number of hydrogen-bond donors (Lipinski definition) is 1. The summed E-state index contributed by atoms with van der Waals surface area (Å²) in [6, 6.07) is 12.4. The lowest BCUT2D eigenvalue weighted by Crippen LogP contribution is -2.50. The van der Waals surface area contributed by atoms with E-state index in [0.29, 0.717) is 48.2 Å². The smallest absolute Gasteiger partial charge is 0.270 e. The minimum atomic E-state index is -0.674. The van der Waals surface area contributed by atoms with Gasteiger partial charge in [-0.05, 0) is 42.5 Å². The van der Waals surface area contributed by atoms with E-state index in [9.17, 15) is 19.2 Å². The summed E-state index contributed by atoms with van der Waals surface area (Å²) < 4.78 is 1.62. The summed E-state index contributed by atoms with van der Waals surface area (Å²) in [4.78, 5) is 56.8. The highest BCUT2D eigenvalue weighted by molar-refractivity contribution is 6.02. The topological polar surface area (TPSA) is 101 Å². The van der Waals surface area contributed by atoms with Gasteiger partial charge in [0.1, 0.15) is 0 Å². The Labute approximate surface area is 201 Å². The van der Waals surface area contributed by atoms with E-state index in [1.54, 1.807) is 28.8 Å². The molecule has 0 saturated heterocycles. The van der Waals surface area contributed by atoms with Crippen LogP contribution in [-0.4, -0.2) is 32.2 Å². The SMILES string of the molecule is C=CCn1c(=O)c(C2CC(=O)N(NC(=O)c3ccncc3)C3=C2C(=O)CCC3)cc2ccccc21. The summed E-state index contributed by atoms with van der Waals surface area (Å²) in [7, 11) is 0. The number of allylic oxidation sites excluding steroid dienone is 3. The van der Waals surface area contributed by atoms with E-state index >= 15 is 0 Å². The number of Topliss-reactive ketones (excluding diaryl/α,β-unsaturated/α-hetero) is 1. The number of nitrogens with zero attached hydrogens (tertiary/aromatic N) is 3. The lowest BCUT2D eigenvalue weighted by Gasteiger charge is -2.38. The van der Waals surface area contributed by atoms with E-state index in [1.807, 2.05) is 24.3 Å². The van der Waals surface area contributed by atoms with Crippen molar-refractivity contribution < 1.29 is 14.4 Å². The van der Waals surface area contributed by atoms with Crippen LogP contribution in [0.4, 0.5) is 0 Å². The highest BCUT2D eigenvalue weighted by Gasteiger charge is 2.41. The summed E-state index contributed by atoms with van der Waals surface area (Å²) >= 11 is 0. The standard InChI is InChI=1S/C27H24N4O4/c1-2-14-30-21-7-4-3-6-18(21)15-20(27(30)35)19-16-24(33)31(22-8-5-9-23(32)25(19)22)29-26(34)17-10-12-28-13-11-17/h2-4,6-7,10-13,15,19H,1,5,8-9,14,16H2,(H,29,34). The molecule has 0 fully saturated rings. The number of carbonyl (C=O) groups excluding carboxylic acids is 3. The molecule has 1 aliphatic heterocycles. The molecular formula is C27H24N4O4. The van der Waals surface area contributed by atoms with Crippen LogP contribution < -0.4 is 11.0 Å². The zero-order valence-electron chi connectivity index (χ0n) is 19.1. The van der Waals surface area contributed by atoms with Crippen LogP contribution in [0.1, 0.15) is 47.5 Å². The first-order valence-electron chi connectivity index (χ1n) is 11.5. The Hall–Kier alpha value is -4.33. The Morgan fingerprint density at radius 1 is 1.11 bits per heavy atom. The largest absolute Gasteiger partial charge is 0.304 e. The van der Waals surface area contributed by atoms with Crippen molar-refractivity contribution in [1.29, 1.82) is 0 Å². The summed E-state index contributed by atoms with van der Waals surface area (Å²) in [5.74, 6) is -1.61. The molecule has 2 aromatic heterocycles. The number of rotatable bonds is 5. The number of para-hydroxylation sites is 1. The maximum atomic E-state index is 13.6. The van der Waals surface area contributed by atoms with Crippen LogP contribution in [0.2, 0.25) is 0 Å². The normalized spacial score (nSPS) is 17.9. The van der Waals surface area contributed by atoms with Gasteiger partial charge < -0.3 is 4.57 Å². The molecule has 2 aliphatic rings. The molecule has 0 bridgehead atoms. The predicted octanol–water partition coefficient (Wildman–Crippen LogP) is 3.25. The zero-order valence-corrected chi connectivity index (χ0v) is 19.1. The van der Waals surface area contributed by atoms with Crippen LogP contribution in [0.15, 0.2) is 83.6 Å². The number of hydrazine groups is 1. The van der Waals surface area contributed by atoms with Gasteiger partial charge in [0.15, 0.2) is 5.78 Å². The van der Waals surface area contributed by atoms with Crippen LogP contribution in [0.3, 0.4) is 0 Å². The van der Waals surface area contributed by atoms with Gasteiger partial charge in [-0.1, -0.05) is 24.3 Å². The van der Waals surface area contributed by atoms with E-state index in [-0.39, 0.29) is 23.7 Å². The van der Waals surface area contributed by atoms with E-state index in [4.69, 9.17) is 0 Å². The van der Waals surface area contributed by atoms with E-state index < -0.39 is 11.8 Å². The summed E-state index contributed by atoms with van der Waals surface area (Å²) in [6.45, 7) is 4.08. The van der Waals surface area contributed by atoms with E-state index in [1.165, 1.54) is 17.4 Å². The van der Waals surface area contributed by atoms with Gasteiger partial charge in [-0.2, -0.15) is 0 Å². The van der Waals surface area contributed by atoms with Gasteiger partial charge in [-0.25, -0.2) is 5.01 Å². The molecule has 1 atom stereocenters. The number of benzene rings is 1. The number of carbonyl (C=O) groups is 3. The maximum Gasteiger partial charge on any atom is 0.270 e. The quantitative estimate of drug-likeness (QED) is 0.580. The highest BCUT2D eigenvalue weighted by atomic mass is 16.2. The van der Waals surface area contributed by atoms with Crippen LogP contribution in [0, 0.1) is 0 Å². The van der Waals surface area contributed by atoms with Crippen molar-refractivity contribution in [3.8, 4) is 0 Å². The van der Waals surface area contributed by atoms with Gasteiger partial charge >= 0.3 is 0 Å². The second-order valence-corrected chi connectivity index (χ2v) is 8.66. The molecule has 35 heavy (non-hydrogen) atoms. The van der Waals surface area contributed by atoms with Gasteiger partial charge in [0, 0.05) is 54.4 Å². The van der Waals surface area contributed by atoms with Crippen molar-refractivity contribution in [2.45, 2.75) is 38.1 Å². The number of amides is 2. The first-order chi connectivity index (χ1) is 17.0. The molecule has 0 radical (unpaired) electrons. The third-order valence-electron chi connectivity index (χ3n) is 6.55. The summed E-state index contributed by atoms with van der Waals surface area (Å²) in [5, 5.41) is 2.05. The molecule has 8 heteroatoms. The van der Waals surface area contributed by atoms with Gasteiger partial charge in [-0.3, -0.25) is 29.6 Å². The molecule has 3 aromatic rings. The monoisotopic (exact) mass is 468 g/mol. The Morgan fingerprint density at radius 3 is 2.66 bits per heavy atom. The van der Waals surface area contributed by atoms with Crippen molar-refractivity contribution in [2.75, 3.05) is 0 Å². The van der Waals surface area contributed by atoms with E-state index in [0.717, 1.165) is 10.9 Å². The van der Waals surface area contributed by atoms with E-state index in [2.05, 4.69) is 17.0 Å².